The van der Waals surface area contributed by atoms with Crippen LogP contribution >= 0.6 is 0 Å². The zero-order valence-electron chi connectivity index (χ0n) is 11.0. The molecule has 5 heteroatoms. The first-order chi connectivity index (χ1) is 8.59. The van der Waals surface area contributed by atoms with Crippen molar-refractivity contribution in [3.63, 3.8) is 0 Å². The van der Waals surface area contributed by atoms with Crippen LogP contribution in [0, 0.1) is 5.92 Å². The summed E-state index contributed by atoms with van der Waals surface area (Å²) in [4.78, 5) is 27.1. The molecule has 2 amide bonds. The zero-order valence-corrected chi connectivity index (χ0v) is 11.0. The molecule has 0 bridgehead atoms. The molecule has 0 aromatic rings. The summed E-state index contributed by atoms with van der Waals surface area (Å²) in [5.41, 5.74) is 0. The summed E-state index contributed by atoms with van der Waals surface area (Å²) in [6, 6.07) is -0.704. The van der Waals surface area contributed by atoms with Crippen LogP contribution in [-0.4, -0.2) is 52.6 Å². The second-order valence-corrected chi connectivity index (χ2v) is 5.52. The first-order valence-corrected chi connectivity index (χ1v) is 6.88. The van der Waals surface area contributed by atoms with E-state index in [1.807, 2.05) is 4.90 Å². The summed E-state index contributed by atoms with van der Waals surface area (Å²) in [5.74, 6) is -0.332. The van der Waals surface area contributed by atoms with Gasteiger partial charge in [-0.05, 0) is 25.2 Å². The van der Waals surface area contributed by atoms with E-state index in [2.05, 4.69) is 6.92 Å². The lowest BCUT2D eigenvalue weighted by molar-refractivity contribution is -0.142. The molecule has 0 spiro atoms. The van der Waals surface area contributed by atoms with Crippen molar-refractivity contribution in [3.8, 4) is 0 Å². The number of hydrogen-bond donors (Lipinski definition) is 1. The van der Waals surface area contributed by atoms with Crippen LogP contribution in [0.25, 0.3) is 0 Å². The molecule has 2 saturated heterocycles. The van der Waals surface area contributed by atoms with Crippen molar-refractivity contribution in [3.05, 3.63) is 0 Å². The molecule has 18 heavy (non-hydrogen) atoms. The van der Waals surface area contributed by atoms with Gasteiger partial charge in [0, 0.05) is 19.6 Å². The predicted octanol–water partition coefficient (Wildman–Crippen LogP) is 1.78. The Morgan fingerprint density at radius 1 is 1.11 bits per heavy atom. The molecule has 0 saturated carbocycles. The van der Waals surface area contributed by atoms with Gasteiger partial charge in [-0.2, -0.15) is 0 Å². The Hall–Kier alpha value is -1.26. The molecule has 2 aliphatic rings. The van der Waals surface area contributed by atoms with Crippen molar-refractivity contribution < 1.29 is 14.7 Å². The predicted molar refractivity (Wildman–Crippen MR) is 67.3 cm³/mol. The largest absolute Gasteiger partial charge is 0.480 e. The summed E-state index contributed by atoms with van der Waals surface area (Å²) >= 11 is 0. The van der Waals surface area contributed by atoms with Crippen molar-refractivity contribution in [2.45, 2.75) is 45.1 Å². The molecule has 2 fully saturated rings. The molecule has 2 atom stereocenters. The third kappa shape index (κ3) is 2.76. The molecule has 102 valence electrons. The maximum Gasteiger partial charge on any atom is 0.326 e. The summed E-state index contributed by atoms with van der Waals surface area (Å²) in [5, 5.41) is 9.26. The zero-order chi connectivity index (χ0) is 13.1. The SMILES string of the molecule is CC1CCN(C(=O)N2CCCCCC2C(=O)O)C1. The summed E-state index contributed by atoms with van der Waals surface area (Å²) in [7, 11) is 0. The van der Waals surface area contributed by atoms with Crippen LogP contribution in [0.4, 0.5) is 4.79 Å². The third-order valence-corrected chi connectivity index (χ3v) is 3.98. The van der Waals surface area contributed by atoms with E-state index in [-0.39, 0.29) is 6.03 Å². The van der Waals surface area contributed by atoms with E-state index in [4.69, 9.17) is 0 Å². The van der Waals surface area contributed by atoms with Crippen LogP contribution in [0.15, 0.2) is 0 Å². The van der Waals surface area contributed by atoms with E-state index in [9.17, 15) is 14.7 Å². The van der Waals surface area contributed by atoms with Crippen molar-refractivity contribution in [2.24, 2.45) is 5.92 Å². The Morgan fingerprint density at radius 2 is 1.89 bits per heavy atom. The van der Waals surface area contributed by atoms with Crippen molar-refractivity contribution in [2.75, 3.05) is 19.6 Å². The fourth-order valence-corrected chi connectivity index (χ4v) is 2.88. The number of carboxylic acids is 1. The van der Waals surface area contributed by atoms with E-state index in [1.165, 1.54) is 0 Å². The molecular weight excluding hydrogens is 232 g/mol. The number of carboxylic acid groups (broad SMARTS) is 1. The maximum absolute atomic E-state index is 12.4. The fraction of sp³-hybridized carbons (Fsp3) is 0.846. The van der Waals surface area contributed by atoms with Gasteiger partial charge >= 0.3 is 12.0 Å². The van der Waals surface area contributed by atoms with Gasteiger partial charge in [0.05, 0.1) is 0 Å². The normalized spacial score (nSPS) is 29.2. The number of urea groups is 1. The maximum atomic E-state index is 12.4. The minimum absolute atomic E-state index is 0.0753. The standard InChI is InChI=1S/C13H22N2O3/c1-10-6-8-14(9-10)13(18)15-7-4-2-3-5-11(15)12(16)17/h10-11H,2-9H2,1H3,(H,16,17). The number of amides is 2. The summed E-state index contributed by atoms with van der Waals surface area (Å²) in [6.07, 6.45) is 4.45. The first-order valence-electron chi connectivity index (χ1n) is 6.88. The smallest absolute Gasteiger partial charge is 0.326 e. The number of rotatable bonds is 1. The van der Waals surface area contributed by atoms with Crippen LogP contribution in [-0.2, 0) is 4.79 Å². The Labute approximate surface area is 108 Å². The van der Waals surface area contributed by atoms with E-state index < -0.39 is 12.0 Å². The Morgan fingerprint density at radius 3 is 2.50 bits per heavy atom. The first kappa shape index (κ1) is 13.2. The van der Waals surface area contributed by atoms with Gasteiger partial charge < -0.3 is 14.9 Å². The van der Waals surface area contributed by atoms with Crippen molar-refractivity contribution in [1.29, 1.82) is 0 Å². The van der Waals surface area contributed by atoms with E-state index >= 15 is 0 Å². The molecular formula is C13H22N2O3. The molecule has 2 unspecified atom stereocenters. The molecule has 0 aromatic heterocycles. The highest BCUT2D eigenvalue weighted by atomic mass is 16.4. The summed E-state index contributed by atoms with van der Waals surface area (Å²) in [6.45, 7) is 4.25. The minimum Gasteiger partial charge on any atom is -0.480 e. The quantitative estimate of drug-likeness (QED) is 0.776. The Kier molecular flexibility index (Phi) is 4.09. The number of nitrogens with zero attached hydrogens (tertiary/aromatic N) is 2. The lowest BCUT2D eigenvalue weighted by Gasteiger charge is -2.31. The summed E-state index contributed by atoms with van der Waals surface area (Å²) < 4.78 is 0. The van der Waals surface area contributed by atoms with Gasteiger partial charge in [0.2, 0.25) is 0 Å². The Balaban J connectivity index is 2.07. The van der Waals surface area contributed by atoms with Gasteiger partial charge in [-0.3, -0.25) is 0 Å². The van der Waals surface area contributed by atoms with E-state index in [0.29, 0.717) is 18.9 Å². The third-order valence-electron chi connectivity index (χ3n) is 3.98. The molecule has 0 aliphatic carbocycles. The average molecular weight is 254 g/mol. The van der Waals surface area contributed by atoms with Gasteiger partial charge in [0.1, 0.15) is 6.04 Å². The van der Waals surface area contributed by atoms with E-state index in [0.717, 1.165) is 38.8 Å². The van der Waals surface area contributed by atoms with Crippen LogP contribution in [0.1, 0.15) is 39.0 Å². The number of carbonyl (C=O) groups excluding carboxylic acids is 1. The topological polar surface area (TPSA) is 60.9 Å². The second-order valence-electron chi connectivity index (χ2n) is 5.52. The van der Waals surface area contributed by atoms with Gasteiger partial charge in [-0.15, -0.1) is 0 Å². The number of aliphatic carboxylic acids is 1. The second kappa shape index (κ2) is 5.59. The highest BCUT2D eigenvalue weighted by molar-refractivity contribution is 5.83. The highest BCUT2D eigenvalue weighted by Crippen LogP contribution is 2.22. The molecule has 0 aromatic carbocycles. The van der Waals surface area contributed by atoms with Crippen LogP contribution < -0.4 is 0 Å². The van der Waals surface area contributed by atoms with Crippen LogP contribution in [0.3, 0.4) is 0 Å². The lowest BCUT2D eigenvalue weighted by atomic mass is 10.1. The molecule has 5 nitrogen and oxygen atoms in total. The lowest BCUT2D eigenvalue weighted by Crippen LogP contribution is -2.50. The van der Waals surface area contributed by atoms with Gasteiger partial charge in [0.25, 0.3) is 0 Å². The molecule has 2 aliphatic heterocycles. The van der Waals surface area contributed by atoms with E-state index in [1.54, 1.807) is 4.90 Å². The molecule has 0 radical (unpaired) electrons. The molecule has 2 heterocycles. The van der Waals surface area contributed by atoms with Gasteiger partial charge in [-0.25, -0.2) is 9.59 Å². The van der Waals surface area contributed by atoms with Gasteiger partial charge in [0.15, 0.2) is 0 Å². The average Bonchev–Trinajstić information content (AvgIpc) is 2.63. The minimum atomic E-state index is -0.863. The fourth-order valence-electron chi connectivity index (χ4n) is 2.88. The van der Waals surface area contributed by atoms with Crippen molar-refractivity contribution >= 4 is 12.0 Å². The van der Waals surface area contributed by atoms with Crippen molar-refractivity contribution in [1.82, 2.24) is 9.80 Å². The number of likely N-dealkylation sites (tertiary alicyclic amines) is 2. The highest BCUT2D eigenvalue weighted by Gasteiger charge is 2.35. The van der Waals surface area contributed by atoms with Crippen LogP contribution in [0.5, 0.6) is 0 Å². The molecule has 1 N–H and O–H groups in total. The monoisotopic (exact) mass is 254 g/mol. The molecule has 2 rings (SSSR count). The number of carbonyl (C=O) groups is 2. The van der Waals surface area contributed by atoms with Gasteiger partial charge in [-0.1, -0.05) is 19.8 Å². The number of hydrogen-bond acceptors (Lipinski definition) is 2. The van der Waals surface area contributed by atoms with Crippen LogP contribution in [0.2, 0.25) is 0 Å². The Bertz CT molecular complexity index is 332.